The van der Waals surface area contributed by atoms with Crippen molar-refractivity contribution in [3.8, 4) is 0 Å². The number of hydrogen-bond donors (Lipinski definition) is 1. The lowest BCUT2D eigenvalue weighted by Crippen LogP contribution is -2.11. The maximum Gasteiger partial charge on any atom is 0.111 e. The SMILES string of the molecule is CCOC(CSCCO)SC. The molecular formula is C7H16O2S2. The molecule has 0 amide bonds. The molecule has 0 aromatic heterocycles. The van der Waals surface area contributed by atoms with Crippen LogP contribution in [0.4, 0.5) is 0 Å². The first-order chi connectivity index (χ1) is 5.35. The lowest BCUT2D eigenvalue weighted by atomic mass is 10.8. The van der Waals surface area contributed by atoms with Crippen molar-refractivity contribution in [2.45, 2.75) is 12.4 Å². The van der Waals surface area contributed by atoms with Gasteiger partial charge in [-0.1, -0.05) is 0 Å². The fraction of sp³-hybridized carbons (Fsp3) is 1.00. The van der Waals surface area contributed by atoms with E-state index in [-0.39, 0.29) is 12.0 Å². The van der Waals surface area contributed by atoms with Crippen molar-refractivity contribution in [2.24, 2.45) is 0 Å². The van der Waals surface area contributed by atoms with Crippen LogP contribution in [-0.2, 0) is 4.74 Å². The number of rotatable bonds is 7. The van der Waals surface area contributed by atoms with Gasteiger partial charge in [0.2, 0.25) is 0 Å². The molecule has 68 valence electrons. The van der Waals surface area contributed by atoms with E-state index in [0.29, 0.717) is 0 Å². The van der Waals surface area contributed by atoms with Crippen molar-refractivity contribution >= 4 is 23.5 Å². The summed E-state index contributed by atoms with van der Waals surface area (Å²) < 4.78 is 5.40. The Balaban J connectivity index is 3.20. The summed E-state index contributed by atoms with van der Waals surface area (Å²) in [5.41, 5.74) is 0.288. The van der Waals surface area contributed by atoms with Crippen LogP contribution in [0.2, 0.25) is 0 Å². The normalized spacial score (nSPS) is 13.4. The fourth-order valence-electron chi connectivity index (χ4n) is 0.614. The topological polar surface area (TPSA) is 29.5 Å². The van der Waals surface area contributed by atoms with Crippen LogP contribution in [0.5, 0.6) is 0 Å². The quantitative estimate of drug-likeness (QED) is 0.493. The number of aliphatic hydroxyl groups excluding tert-OH is 1. The minimum atomic E-state index is 0.262. The van der Waals surface area contributed by atoms with Crippen LogP contribution >= 0.6 is 23.5 Å². The van der Waals surface area contributed by atoms with Gasteiger partial charge in [0.1, 0.15) is 5.44 Å². The summed E-state index contributed by atoms with van der Waals surface area (Å²) in [6, 6.07) is 0. The lowest BCUT2D eigenvalue weighted by molar-refractivity contribution is 0.140. The van der Waals surface area contributed by atoms with Gasteiger partial charge in [-0.15, -0.1) is 11.8 Å². The van der Waals surface area contributed by atoms with Gasteiger partial charge in [0.05, 0.1) is 6.61 Å². The third-order valence-corrected chi connectivity index (χ3v) is 3.15. The molecule has 2 nitrogen and oxygen atoms in total. The zero-order valence-corrected chi connectivity index (χ0v) is 8.71. The van der Waals surface area contributed by atoms with E-state index < -0.39 is 0 Å². The molecule has 0 heterocycles. The highest BCUT2D eigenvalue weighted by Gasteiger charge is 2.04. The zero-order valence-electron chi connectivity index (χ0n) is 7.08. The summed E-state index contributed by atoms with van der Waals surface area (Å²) in [6.45, 7) is 3.03. The second-order valence-corrected chi connectivity index (χ2v) is 4.07. The maximum atomic E-state index is 8.51. The van der Waals surface area contributed by atoms with Crippen LogP contribution in [0.15, 0.2) is 0 Å². The highest BCUT2D eigenvalue weighted by Crippen LogP contribution is 2.14. The molecule has 0 aromatic rings. The molecule has 0 aliphatic rings. The van der Waals surface area contributed by atoms with E-state index in [1.54, 1.807) is 23.5 Å². The monoisotopic (exact) mass is 196 g/mol. The van der Waals surface area contributed by atoms with Crippen LogP contribution in [0, 0.1) is 0 Å². The number of aliphatic hydroxyl groups is 1. The molecule has 0 aromatic carbocycles. The fourth-order valence-corrected chi connectivity index (χ4v) is 2.30. The van der Waals surface area contributed by atoms with Crippen LogP contribution in [0.3, 0.4) is 0 Å². The van der Waals surface area contributed by atoms with Crippen molar-refractivity contribution in [1.29, 1.82) is 0 Å². The predicted molar refractivity (Wildman–Crippen MR) is 53.3 cm³/mol. The molecule has 1 atom stereocenters. The molecule has 0 rings (SSSR count). The van der Waals surface area contributed by atoms with Gasteiger partial charge in [0, 0.05) is 18.1 Å². The van der Waals surface area contributed by atoms with E-state index in [1.165, 1.54) is 0 Å². The Morgan fingerprint density at radius 1 is 1.55 bits per heavy atom. The average molecular weight is 196 g/mol. The van der Waals surface area contributed by atoms with Gasteiger partial charge in [-0.25, -0.2) is 0 Å². The summed E-state index contributed by atoms with van der Waals surface area (Å²) in [5, 5.41) is 8.51. The van der Waals surface area contributed by atoms with Gasteiger partial charge >= 0.3 is 0 Å². The molecule has 0 bridgehead atoms. The number of hydrogen-bond acceptors (Lipinski definition) is 4. The van der Waals surface area contributed by atoms with Gasteiger partial charge in [0.25, 0.3) is 0 Å². The zero-order chi connectivity index (χ0) is 8.53. The van der Waals surface area contributed by atoms with Crippen LogP contribution in [0.1, 0.15) is 6.92 Å². The Bertz CT molecular complexity index is 80.8. The van der Waals surface area contributed by atoms with E-state index in [4.69, 9.17) is 9.84 Å². The summed E-state index contributed by atoms with van der Waals surface area (Å²) in [7, 11) is 0. The Morgan fingerprint density at radius 2 is 2.27 bits per heavy atom. The van der Waals surface area contributed by atoms with Crippen molar-refractivity contribution in [3.05, 3.63) is 0 Å². The third-order valence-electron chi connectivity index (χ3n) is 1.11. The largest absolute Gasteiger partial charge is 0.396 e. The number of ether oxygens (including phenoxy) is 1. The first-order valence-corrected chi connectivity index (χ1v) is 6.12. The minimum Gasteiger partial charge on any atom is -0.396 e. The highest BCUT2D eigenvalue weighted by molar-refractivity contribution is 8.02. The molecule has 0 radical (unpaired) electrons. The summed E-state index contributed by atoms with van der Waals surface area (Å²) in [5.74, 6) is 1.78. The standard InChI is InChI=1S/C7H16O2S2/c1-3-9-7(10-2)6-11-5-4-8/h7-8H,3-6H2,1-2H3. The lowest BCUT2D eigenvalue weighted by Gasteiger charge is -2.12. The molecule has 0 aliphatic heterocycles. The second kappa shape index (κ2) is 8.71. The minimum absolute atomic E-state index is 0.262. The molecule has 11 heavy (non-hydrogen) atoms. The van der Waals surface area contributed by atoms with E-state index in [9.17, 15) is 0 Å². The van der Waals surface area contributed by atoms with E-state index in [2.05, 4.69) is 0 Å². The van der Waals surface area contributed by atoms with Gasteiger partial charge in [0.15, 0.2) is 0 Å². The van der Waals surface area contributed by atoms with Gasteiger partial charge in [-0.05, 0) is 13.2 Å². The van der Waals surface area contributed by atoms with Crippen LogP contribution < -0.4 is 0 Å². The van der Waals surface area contributed by atoms with Crippen molar-refractivity contribution in [1.82, 2.24) is 0 Å². The first-order valence-electron chi connectivity index (χ1n) is 3.68. The van der Waals surface area contributed by atoms with Crippen LogP contribution in [0.25, 0.3) is 0 Å². The van der Waals surface area contributed by atoms with Gasteiger partial charge < -0.3 is 9.84 Å². The molecular weight excluding hydrogens is 180 g/mol. The Kier molecular flexibility index (Phi) is 9.21. The molecule has 0 aliphatic carbocycles. The molecule has 0 spiro atoms. The molecule has 0 saturated carbocycles. The average Bonchev–Trinajstić information content (AvgIpc) is 2.03. The Morgan fingerprint density at radius 3 is 2.73 bits per heavy atom. The molecule has 1 unspecified atom stereocenters. The van der Waals surface area contributed by atoms with E-state index in [1.807, 2.05) is 13.2 Å². The highest BCUT2D eigenvalue weighted by atomic mass is 32.2. The predicted octanol–water partition coefficient (Wildman–Crippen LogP) is 1.44. The molecule has 4 heteroatoms. The molecule has 1 N–H and O–H groups in total. The van der Waals surface area contributed by atoms with Crippen molar-refractivity contribution in [2.75, 3.05) is 31.0 Å². The maximum absolute atomic E-state index is 8.51. The summed E-state index contributed by atoms with van der Waals surface area (Å²) in [6.07, 6.45) is 2.04. The molecule has 0 saturated heterocycles. The van der Waals surface area contributed by atoms with E-state index >= 15 is 0 Å². The Hall–Kier alpha value is 0.620. The van der Waals surface area contributed by atoms with Gasteiger partial charge in [-0.2, -0.15) is 11.8 Å². The summed E-state index contributed by atoms with van der Waals surface area (Å²) >= 11 is 3.45. The van der Waals surface area contributed by atoms with Gasteiger partial charge in [-0.3, -0.25) is 0 Å². The van der Waals surface area contributed by atoms with Crippen LogP contribution in [-0.4, -0.2) is 41.5 Å². The number of thioether (sulfide) groups is 2. The third kappa shape index (κ3) is 7.00. The van der Waals surface area contributed by atoms with Crippen molar-refractivity contribution in [3.63, 3.8) is 0 Å². The Labute approximate surface area is 77.1 Å². The van der Waals surface area contributed by atoms with E-state index in [0.717, 1.165) is 18.1 Å². The summed E-state index contributed by atoms with van der Waals surface area (Å²) in [4.78, 5) is 0. The molecule has 0 fully saturated rings. The second-order valence-electron chi connectivity index (χ2n) is 1.92. The van der Waals surface area contributed by atoms with Crippen molar-refractivity contribution < 1.29 is 9.84 Å². The smallest absolute Gasteiger partial charge is 0.111 e. The first kappa shape index (κ1) is 11.6.